The van der Waals surface area contributed by atoms with Gasteiger partial charge in [-0.05, 0) is 38.1 Å². The summed E-state index contributed by atoms with van der Waals surface area (Å²) >= 11 is 5.91. The summed E-state index contributed by atoms with van der Waals surface area (Å²) < 4.78 is 50.3. The quantitative estimate of drug-likeness (QED) is 0.251. The number of rotatable bonds is 10. The van der Waals surface area contributed by atoms with Gasteiger partial charge in [0.2, 0.25) is 16.0 Å². The van der Waals surface area contributed by atoms with Gasteiger partial charge >= 0.3 is 0 Å². The van der Waals surface area contributed by atoms with Crippen LogP contribution < -0.4 is 14.2 Å². The van der Waals surface area contributed by atoms with E-state index in [1.54, 1.807) is 18.2 Å². The second kappa shape index (κ2) is 11.3. The van der Waals surface area contributed by atoms with E-state index < -0.39 is 21.4 Å². The lowest BCUT2D eigenvalue weighted by Gasteiger charge is -2.23. The Balaban J connectivity index is 1.68. The molecule has 1 aromatic carbocycles. The molecule has 0 aliphatic rings. The predicted molar refractivity (Wildman–Crippen MR) is 152 cm³/mol. The molecule has 0 amide bonds. The number of ether oxygens (including phenoxy) is 3. The molecule has 4 heterocycles. The predicted octanol–water partition coefficient (Wildman–Crippen LogP) is 3.87. The van der Waals surface area contributed by atoms with Crippen LogP contribution in [0.1, 0.15) is 24.5 Å². The molecule has 4 aromatic heterocycles. The van der Waals surface area contributed by atoms with Crippen molar-refractivity contribution in [2.45, 2.75) is 25.2 Å². The number of anilines is 1. The van der Waals surface area contributed by atoms with Crippen LogP contribution in [0.4, 0.5) is 5.95 Å². The van der Waals surface area contributed by atoms with Crippen molar-refractivity contribution in [2.24, 2.45) is 0 Å². The fourth-order valence-electron chi connectivity index (χ4n) is 4.51. The molecule has 13 nitrogen and oxygen atoms in total. The van der Waals surface area contributed by atoms with Crippen LogP contribution in [0.25, 0.3) is 22.9 Å². The SMILES string of the molecule is COc1cccc(OC)c1-n1c(NS(=O)(=O)C(C)[C@H](OC)c2ncc(Cl)cn2)nnc1-c1c(C)nc2ccccn12. The van der Waals surface area contributed by atoms with Crippen LogP contribution in [-0.4, -0.2) is 69.1 Å². The average Bonchev–Trinajstić information content (AvgIpc) is 3.52. The topological polar surface area (TPSA) is 148 Å². The molecule has 0 saturated carbocycles. The van der Waals surface area contributed by atoms with Crippen LogP contribution in [0.3, 0.4) is 0 Å². The Morgan fingerprint density at radius 1 is 0.976 bits per heavy atom. The fourth-order valence-corrected chi connectivity index (χ4v) is 5.74. The van der Waals surface area contributed by atoms with Crippen LogP contribution in [0.15, 0.2) is 55.0 Å². The van der Waals surface area contributed by atoms with Gasteiger partial charge in [0.1, 0.15) is 39.9 Å². The van der Waals surface area contributed by atoms with Crippen molar-refractivity contribution in [1.82, 2.24) is 34.1 Å². The van der Waals surface area contributed by atoms with Crippen LogP contribution >= 0.6 is 11.6 Å². The van der Waals surface area contributed by atoms with E-state index in [2.05, 4.69) is 29.9 Å². The van der Waals surface area contributed by atoms with Crippen molar-refractivity contribution in [2.75, 3.05) is 26.1 Å². The van der Waals surface area contributed by atoms with E-state index in [0.29, 0.717) is 45.1 Å². The summed E-state index contributed by atoms with van der Waals surface area (Å²) in [6.45, 7) is 3.32. The first-order valence-electron chi connectivity index (χ1n) is 12.3. The Hall–Kier alpha value is -4.27. The summed E-state index contributed by atoms with van der Waals surface area (Å²) in [4.78, 5) is 12.9. The number of aromatic nitrogens is 7. The second-order valence-corrected chi connectivity index (χ2v) is 11.4. The maximum Gasteiger partial charge on any atom is 0.243 e. The molecule has 0 saturated heterocycles. The third-order valence-corrected chi connectivity index (χ3v) is 8.39. The molecule has 0 fully saturated rings. The van der Waals surface area contributed by atoms with E-state index in [1.807, 2.05) is 35.7 Å². The largest absolute Gasteiger partial charge is 0.494 e. The highest BCUT2D eigenvalue weighted by Gasteiger charge is 2.35. The molecule has 214 valence electrons. The van der Waals surface area contributed by atoms with Gasteiger partial charge in [-0.15, -0.1) is 10.2 Å². The number of sulfonamides is 1. The first-order valence-corrected chi connectivity index (χ1v) is 14.2. The number of para-hydroxylation sites is 1. The Kier molecular flexibility index (Phi) is 7.80. The Labute approximate surface area is 241 Å². The van der Waals surface area contributed by atoms with Gasteiger partial charge in [0.25, 0.3) is 0 Å². The standard InChI is InChI=1S/C26H27ClN8O5S/c1-15-21(34-12-7-6-11-20(34)30-15)25-31-32-26(35(25)22-18(38-3)9-8-10-19(22)39-4)33-41(36,37)16(2)23(40-5)24-28-13-17(27)14-29-24/h6-14,16,23H,1-5H3,(H,32,33)/t16?,23-/m0/s1. The van der Waals surface area contributed by atoms with Gasteiger partial charge in [0.15, 0.2) is 11.6 Å². The molecule has 41 heavy (non-hydrogen) atoms. The lowest BCUT2D eigenvalue weighted by molar-refractivity contribution is 0.0950. The normalized spacial score (nSPS) is 13.2. The molecular formula is C26H27ClN8O5S. The summed E-state index contributed by atoms with van der Waals surface area (Å²) in [6, 6.07) is 10.8. The average molecular weight is 599 g/mol. The zero-order valence-electron chi connectivity index (χ0n) is 22.8. The number of nitrogens with one attached hydrogen (secondary N) is 1. The molecule has 0 radical (unpaired) electrons. The minimum Gasteiger partial charge on any atom is -0.494 e. The van der Waals surface area contributed by atoms with Gasteiger partial charge in [0, 0.05) is 25.7 Å². The number of hydrogen-bond donors (Lipinski definition) is 1. The van der Waals surface area contributed by atoms with E-state index in [-0.39, 0.29) is 11.8 Å². The molecule has 0 bridgehead atoms. The molecule has 5 aromatic rings. The molecule has 5 rings (SSSR count). The summed E-state index contributed by atoms with van der Waals surface area (Å²) in [6.07, 6.45) is 3.57. The van der Waals surface area contributed by atoms with E-state index in [4.69, 9.17) is 25.8 Å². The zero-order valence-corrected chi connectivity index (χ0v) is 24.4. The van der Waals surface area contributed by atoms with Crippen molar-refractivity contribution >= 4 is 33.2 Å². The minimum absolute atomic E-state index is 0.105. The third kappa shape index (κ3) is 5.16. The zero-order chi connectivity index (χ0) is 29.3. The maximum atomic E-state index is 13.8. The minimum atomic E-state index is -4.18. The van der Waals surface area contributed by atoms with Crippen molar-refractivity contribution in [3.05, 3.63) is 71.5 Å². The molecule has 1 N–H and O–H groups in total. The maximum absolute atomic E-state index is 13.8. The number of aryl methyl sites for hydroxylation is 1. The highest BCUT2D eigenvalue weighted by atomic mass is 35.5. The molecular weight excluding hydrogens is 572 g/mol. The number of benzene rings is 1. The highest BCUT2D eigenvalue weighted by Crippen LogP contribution is 2.39. The summed E-state index contributed by atoms with van der Waals surface area (Å²) in [5.74, 6) is 1.15. The fraction of sp³-hybridized carbons (Fsp3) is 0.269. The number of methoxy groups -OCH3 is 3. The van der Waals surface area contributed by atoms with Crippen LogP contribution in [0, 0.1) is 6.92 Å². The lowest BCUT2D eigenvalue weighted by atomic mass is 10.2. The smallest absolute Gasteiger partial charge is 0.243 e. The van der Waals surface area contributed by atoms with Crippen molar-refractivity contribution in [3.63, 3.8) is 0 Å². The number of imidazole rings is 1. The van der Waals surface area contributed by atoms with Gasteiger partial charge in [-0.2, -0.15) is 0 Å². The van der Waals surface area contributed by atoms with E-state index >= 15 is 0 Å². The molecule has 0 aliphatic carbocycles. The number of nitrogens with zero attached hydrogens (tertiary/aromatic N) is 7. The van der Waals surface area contributed by atoms with Gasteiger partial charge in [-0.3, -0.25) is 13.7 Å². The van der Waals surface area contributed by atoms with Crippen LogP contribution in [-0.2, 0) is 14.8 Å². The molecule has 0 aliphatic heterocycles. The molecule has 15 heteroatoms. The Bertz CT molecular complexity index is 1780. The van der Waals surface area contributed by atoms with Crippen molar-refractivity contribution in [3.8, 4) is 28.7 Å². The second-order valence-electron chi connectivity index (χ2n) is 8.94. The summed E-state index contributed by atoms with van der Waals surface area (Å²) in [5, 5.41) is 7.84. The Morgan fingerprint density at radius 3 is 2.29 bits per heavy atom. The number of pyridine rings is 1. The van der Waals surface area contributed by atoms with Gasteiger partial charge in [-0.1, -0.05) is 23.7 Å². The summed E-state index contributed by atoms with van der Waals surface area (Å²) in [7, 11) is 0.207. The van der Waals surface area contributed by atoms with E-state index in [9.17, 15) is 8.42 Å². The van der Waals surface area contributed by atoms with Gasteiger partial charge in [0.05, 0.1) is 24.9 Å². The first-order chi connectivity index (χ1) is 19.7. The van der Waals surface area contributed by atoms with Crippen LogP contribution in [0.2, 0.25) is 5.02 Å². The number of fused-ring (bicyclic) bond motifs is 1. The van der Waals surface area contributed by atoms with Crippen LogP contribution in [0.5, 0.6) is 11.5 Å². The van der Waals surface area contributed by atoms with Crippen molar-refractivity contribution < 1.29 is 22.6 Å². The third-order valence-electron chi connectivity index (χ3n) is 6.50. The first kappa shape index (κ1) is 28.3. The van der Waals surface area contributed by atoms with E-state index in [1.165, 1.54) is 45.2 Å². The van der Waals surface area contributed by atoms with Gasteiger partial charge < -0.3 is 14.2 Å². The highest BCUT2D eigenvalue weighted by molar-refractivity contribution is 7.93. The monoisotopic (exact) mass is 598 g/mol. The molecule has 1 unspecified atom stereocenters. The summed E-state index contributed by atoms with van der Waals surface area (Å²) in [5.41, 5.74) is 2.32. The number of hydrogen-bond acceptors (Lipinski definition) is 10. The van der Waals surface area contributed by atoms with Gasteiger partial charge in [-0.25, -0.2) is 23.4 Å². The molecule has 0 spiro atoms. The number of halogens is 1. The lowest BCUT2D eigenvalue weighted by Crippen LogP contribution is -2.33. The Morgan fingerprint density at radius 2 is 1.66 bits per heavy atom. The van der Waals surface area contributed by atoms with Crippen molar-refractivity contribution in [1.29, 1.82) is 0 Å². The molecule has 2 atom stereocenters. The van der Waals surface area contributed by atoms with E-state index in [0.717, 1.165) is 0 Å².